The summed E-state index contributed by atoms with van der Waals surface area (Å²) in [4.78, 5) is 2.18. The Labute approximate surface area is 102 Å². The average molecular weight is 243 g/mol. The maximum atomic E-state index is 5.93. The molecule has 4 heteroatoms. The van der Waals surface area contributed by atoms with E-state index in [4.69, 9.17) is 22.1 Å². The quantitative estimate of drug-likeness (QED) is 0.778. The van der Waals surface area contributed by atoms with Gasteiger partial charge in [0.2, 0.25) is 0 Å². The van der Waals surface area contributed by atoms with E-state index in [9.17, 15) is 0 Å². The zero-order valence-electron chi connectivity index (χ0n) is 9.87. The van der Waals surface area contributed by atoms with Gasteiger partial charge in [0.1, 0.15) is 0 Å². The molecular weight excluding hydrogens is 224 g/mol. The molecule has 0 aromatic heterocycles. The average Bonchev–Trinajstić information content (AvgIpc) is 2.29. The van der Waals surface area contributed by atoms with Gasteiger partial charge in [0.25, 0.3) is 0 Å². The van der Waals surface area contributed by atoms with Crippen molar-refractivity contribution < 1.29 is 4.74 Å². The highest BCUT2D eigenvalue weighted by molar-refractivity contribution is 6.30. The fraction of sp³-hybridized carbons (Fsp3) is 0.500. The van der Waals surface area contributed by atoms with Gasteiger partial charge in [-0.05, 0) is 30.2 Å². The molecule has 0 saturated heterocycles. The fourth-order valence-electron chi connectivity index (χ4n) is 1.66. The second-order valence-corrected chi connectivity index (χ2v) is 4.18. The molecule has 0 atom stereocenters. The van der Waals surface area contributed by atoms with Crippen molar-refractivity contribution in [2.75, 3.05) is 32.2 Å². The van der Waals surface area contributed by atoms with Crippen LogP contribution in [0.4, 0.5) is 5.69 Å². The summed E-state index contributed by atoms with van der Waals surface area (Å²) in [5.41, 5.74) is 7.92. The first-order chi connectivity index (χ1) is 7.69. The Balaban J connectivity index is 2.70. The highest BCUT2D eigenvalue weighted by atomic mass is 35.5. The molecule has 1 rings (SSSR count). The van der Waals surface area contributed by atoms with Gasteiger partial charge in [-0.1, -0.05) is 11.6 Å². The molecule has 0 aliphatic heterocycles. The molecule has 0 fully saturated rings. The summed E-state index contributed by atoms with van der Waals surface area (Å²) in [5.74, 6) is 0. The van der Waals surface area contributed by atoms with Gasteiger partial charge in [0.15, 0.2) is 0 Å². The van der Waals surface area contributed by atoms with E-state index in [0.29, 0.717) is 6.54 Å². The van der Waals surface area contributed by atoms with Gasteiger partial charge in [0, 0.05) is 44.6 Å². The van der Waals surface area contributed by atoms with Gasteiger partial charge < -0.3 is 15.4 Å². The van der Waals surface area contributed by atoms with E-state index in [-0.39, 0.29) is 0 Å². The Morgan fingerprint density at radius 2 is 2.19 bits per heavy atom. The molecule has 16 heavy (non-hydrogen) atoms. The minimum Gasteiger partial charge on any atom is -0.385 e. The van der Waals surface area contributed by atoms with E-state index in [0.717, 1.165) is 35.8 Å². The Hall–Kier alpha value is -0.770. The molecule has 0 heterocycles. The second kappa shape index (κ2) is 6.74. The fourth-order valence-corrected chi connectivity index (χ4v) is 1.85. The zero-order valence-corrected chi connectivity index (χ0v) is 10.6. The van der Waals surface area contributed by atoms with Gasteiger partial charge in [-0.3, -0.25) is 0 Å². The predicted molar refractivity (Wildman–Crippen MR) is 69.1 cm³/mol. The van der Waals surface area contributed by atoms with E-state index < -0.39 is 0 Å². The van der Waals surface area contributed by atoms with Crippen molar-refractivity contribution in [3.63, 3.8) is 0 Å². The number of hydrogen-bond acceptors (Lipinski definition) is 3. The Kier molecular flexibility index (Phi) is 5.60. The Morgan fingerprint density at radius 1 is 1.44 bits per heavy atom. The molecule has 0 unspecified atom stereocenters. The number of methoxy groups -OCH3 is 1. The van der Waals surface area contributed by atoms with E-state index in [2.05, 4.69) is 11.9 Å². The molecule has 0 radical (unpaired) electrons. The minimum atomic E-state index is 0.504. The molecular formula is C12H19ClN2O. The van der Waals surface area contributed by atoms with E-state index in [1.54, 1.807) is 7.11 Å². The summed E-state index contributed by atoms with van der Waals surface area (Å²) in [7, 11) is 3.77. The number of ether oxygens (including phenoxy) is 1. The molecule has 0 aliphatic rings. The minimum absolute atomic E-state index is 0.504. The van der Waals surface area contributed by atoms with Crippen molar-refractivity contribution in [2.24, 2.45) is 5.73 Å². The van der Waals surface area contributed by atoms with Crippen LogP contribution >= 0.6 is 11.6 Å². The monoisotopic (exact) mass is 242 g/mol. The summed E-state index contributed by atoms with van der Waals surface area (Å²) >= 11 is 5.93. The molecule has 1 aromatic carbocycles. The maximum Gasteiger partial charge on any atom is 0.0479 e. The lowest BCUT2D eigenvalue weighted by Gasteiger charge is -2.22. The van der Waals surface area contributed by atoms with Crippen LogP contribution in [0.25, 0.3) is 0 Å². The molecule has 0 aliphatic carbocycles. The number of rotatable bonds is 6. The van der Waals surface area contributed by atoms with Gasteiger partial charge in [-0.25, -0.2) is 0 Å². The highest BCUT2D eigenvalue weighted by Gasteiger charge is 2.06. The summed E-state index contributed by atoms with van der Waals surface area (Å²) in [6.07, 6.45) is 1.000. The molecule has 90 valence electrons. The van der Waals surface area contributed by atoms with Crippen LogP contribution in [-0.2, 0) is 11.3 Å². The van der Waals surface area contributed by atoms with Gasteiger partial charge >= 0.3 is 0 Å². The van der Waals surface area contributed by atoms with E-state index in [1.165, 1.54) is 0 Å². The van der Waals surface area contributed by atoms with Crippen molar-refractivity contribution in [1.82, 2.24) is 0 Å². The summed E-state index contributed by atoms with van der Waals surface area (Å²) < 4.78 is 5.03. The Bertz CT molecular complexity index is 331. The first kappa shape index (κ1) is 13.3. The molecule has 0 saturated carbocycles. The van der Waals surface area contributed by atoms with Crippen LogP contribution in [0.5, 0.6) is 0 Å². The zero-order chi connectivity index (χ0) is 12.0. The molecule has 3 nitrogen and oxygen atoms in total. The van der Waals surface area contributed by atoms with Gasteiger partial charge in [0.05, 0.1) is 0 Å². The number of halogens is 1. The molecule has 2 N–H and O–H groups in total. The SMILES string of the molecule is COCCCN(C)c1ccc(Cl)cc1CN. The van der Waals surface area contributed by atoms with E-state index >= 15 is 0 Å². The van der Waals surface area contributed by atoms with Crippen LogP contribution in [0, 0.1) is 0 Å². The summed E-state index contributed by atoms with van der Waals surface area (Å²) in [5, 5.41) is 0.731. The van der Waals surface area contributed by atoms with Crippen molar-refractivity contribution in [1.29, 1.82) is 0 Å². The Morgan fingerprint density at radius 3 is 2.81 bits per heavy atom. The van der Waals surface area contributed by atoms with Gasteiger partial charge in [-0.15, -0.1) is 0 Å². The smallest absolute Gasteiger partial charge is 0.0479 e. The lowest BCUT2D eigenvalue weighted by molar-refractivity contribution is 0.196. The number of nitrogens with zero attached hydrogens (tertiary/aromatic N) is 1. The normalized spacial score (nSPS) is 10.5. The largest absolute Gasteiger partial charge is 0.385 e. The standard InChI is InChI=1S/C12H19ClN2O/c1-15(6-3-7-16-2)12-5-4-11(13)8-10(12)9-14/h4-5,8H,3,6-7,9,14H2,1-2H3. The van der Waals surface area contributed by atoms with Crippen LogP contribution in [0.2, 0.25) is 5.02 Å². The van der Waals surface area contributed by atoms with Crippen LogP contribution in [-0.4, -0.2) is 27.3 Å². The summed E-state index contributed by atoms with van der Waals surface area (Å²) in [6.45, 7) is 2.23. The molecule has 1 aromatic rings. The van der Waals surface area contributed by atoms with Gasteiger partial charge in [-0.2, -0.15) is 0 Å². The first-order valence-corrected chi connectivity index (χ1v) is 5.75. The third-order valence-electron chi connectivity index (χ3n) is 2.51. The van der Waals surface area contributed by atoms with Crippen molar-refractivity contribution in [3.05, 3.63) is 28.8 Å². The maximum absolute atomic E-state index is 5.93. The third-order valence-corrected chi connectivity index (χ3v) is 2.75. The highest BCUT2D eigenvalue weighted by Crippen LogP contribution is 2.23. The second-order valence-electron chi connectivity index (χ2n) is 3.75. The van der Waals surface area contributed by atoms with E-state index in [1.807, 2.05) is 18.2 Å². The number of nitrogens with two attached hydrogens (primary N) is 1. The van der Waals surface area contributed by atoms with Crippen molar-refractivity contribution in [2.45, 2.75) is 13.0 Å². The predicted octanol–water partition coefficient (Wildman–Crippen LogP) is 2.27. The van der Waals surface area contributed by atoms with Crippen LogP contribution in [0.1, 0.15) is 12.0 Å². The lowest BCUT2D eigenvalue weighted by Crippen LogP contribution is -2.21. The van der Waals surface area contributed by atoms with Crippen molar-refractivity contribution in [3.8, 4) is 0 Å². The molecule has 0 amide bonds. The molecule has 0 spiro atoms. The molecule has 0 bridgehead atoms. The van der Waals surface area contributed by atoms with Crippen LogP contribution in [0.3, 0.4) is 0 Å². The number of benzene rings is 1. The van der Waals surface area contributed by atoms with Crippen molar-refractivity contribution >= 4 is 17.3 Å². The lowest BCUT2D eigenvalue weighted by atomic mass is 10.1. The first-order valence-electron chi connectivity index (χ1n) is 5.37. The number of anilines is 1. The summed E-state index contributed by atoms with van der Waals surface area (Å²) in [6, 6.07) is 5.82. The third kappa shape index (κ3) is 3.67. The number of hydrogen-bond donors (Lipinski definition) is 1. The van der Waals surface area contributed by atoms with Crippen LogP contribution < -0.4 is 10.6 Å². The topological polar surface area (TPSA) is 38.5 Å². The van der Waals surface area contributed by atoms with Crippen LogP contribution in [0.15, 0.2) is 18.2 Å².